The Hall–Kier alpha value is -1.76. The maximum absolute atomic E-state index is 12.6. The first-order chi connectivity index (χ1) is 9.82. The first kappa shape index (κ1) is 17.3. The molecule has 0 aliphatic rings. The number of pyridine rings is 1. The predicted molar refractivity (Wildman–Crippen MR) is 72.5 cm³/mol. The van der Waals surface area contributed by atoms with Crippen LogP contribution in [-0.4, -0.2) is 22.0 Å². The van der Waals surface area contributed by atoms with Gasteiger partial charge in [-0.25, -0.2) is 9.78 Å². The monoisotopic (exact) mass is 322 g/mol. The summed E-state index contributed by atoms with van der Waals surface area (Å²) in [4.78, 5) is 15.3. The molecule has 2 aromatic rings. The second-order valence-electron chi connectivity index (χ2n) is 3.65. The lowest BCUT2D eigenvalue weighted by atomic mass is 10.3. The van der Waals surface area contributed by atoms with Crippen LogP contribution in [0.3, 0.4) is 0 Å². The highest BCUT2D eigenvalue weighted by atomic mass is 35.5. The van der Waals surface area contributed by atoms with Crippen LogP contribution in [-0.2, 0) is 10.9 Å². The lowest BCUT2D eigenvalue weighted by molar-refractivity contribution is -0.137. The van der Waals surface area contributed by atoms with Gasteiger partial charge in [0.15, 0.2) is 11.3 Å². The van der Waals surface area contributed by atoms with E-state index in [0.29, 0.717) is 0 Å². The minimum atomic E-state index is -4.52. The highest BCUT2D eigenvalue weighted by molar-refractivity contribution is 6.33. The Morgan fingerprint density at radius 3 is 2.52 bits per heavy atom. The van der Waals surface area contributed by atoms with Gasteiger partial charge in [-0.15, -0.1) is 0 Å². The molecule has 2 aromatic heterocycles. The number of rotatable bonds is 2. The highest BCUT2D eigenvalue weighted by Gasteiger charge is 2.32. The van der Waals surface area contributed by atoms with Gasteiger partial charge in [-0.05, 0) is 13.0 Å². The Morgan fingerprint density at radius 1 is 1.38 bits per heavy atom. The van der Waals surface area contributed by atoms with Crippen molar-refractivity contribution in [1.82, 2.24) is 9.38 Å². The molecule has 4 nitrogen and oxygen atoms in total. The molecule has 0 atom stereocenters. The lowest BCUT2D eigenvalue weighted by Crippen LogP contribution is -2.06. The molecule has 0 N–H and O–H groups in total. The lowest BCUT2D eigenvalue weighted by Gasteiger charge is -2.07. The van der Waals surface area contributed by atoms with Gasteiger partial charge in [-0.3, -0.25) is 0 Å². The van der Waals surface area contributed by atoms with E-state index in [0.717, 1.165) is 22.9 Å². The standard InChI is InChI=1S/C11H8ClF3N2O2.C2H6/c1-2-19-10(18)8-5-17-4-6(11(13,14)15)3-7(12)9(17)16-8;1-2/h3-5H,2H2,1H3;1-2H3. The Labute approximate surface area is 124 Å². The molecule has 8 heteroatoms. The van der Waals surface area contributed by atoms with Crippen molar-refractivity contribution >= 4 is 23.2 Å². The molecule has 0 aromatic carbocycles. The van der Waals surface area contributed by atoms with Crippen LogP contribution in [0.2, 0.25) is 5.02 Å². The van der Waals surface area contributed by atoms with Gasteiger partial charge in [-0.2, -0.15) is 13.2 Å². The molecule has 0 unspecified atom stereocenters. The second kappa shape index (κ2) is 6.80. The van der Waals surface area contributed by atoms with Crippen molar-refractivity contribution in [2.24, 2.45) is 0 Å². The number of halogens is 4. The number of nitrogens with zero attached hydrogens (tertiary/aromatic N) is 2. The molecule has 0 amide bonds. The number of alkyl halides is 3. The van der Waals surface area contributed by atoms with Gasteiger partial charge >= 0.3 is 12.1 Å². The van der Waals surface area contributed by atoms with Gasteiger partial charge in [0.25, 0.3) is 0 Å². The van der Waals surface area contributed by atoms with Gasteiger partial charge in [0, 0.05) is 12.4 Å². The Morgan fingerprint density at radius 2 is 2.00 bits per heavy atom. The molecule has 0 fully saturated rings. The van der Waals surface area contributed by atoms with Gasteiger partial charge in [0.2, 0.25) is 0 Å². The minimum absolute atomic E-state index is 0.0673. The van der Waals surface area contributed by atoms with E-state index in [1.165, 1.54) is 0 Å². The van der Waals surface area contributed by atoms with E-state index in [1.54, 1.807) is 6.92 Å². The van der Waals surface area contributed by atoms with Gasteiger partial charge in [-0.1, -0.05) is 25.4 Å². The normalized spacial score (nSPS) is 11.0. The Bertz CT molecular complexity index is 638. The van der Waals surface area contributed by atoms with Crippen LogP contribution in [0.4, 0.5) is 13.2 Å². The summed E-state index contributed by atoms with van der Waals surface area (Å²) in [6.07, 6.45) is -2.56. The number of imidazole rings is 1. The summed E-state index contributed by atoms with van der Waals surface area (Å²) in [7, 11) is 0. The van der Waals surface area contributed by atoms with E-state index < -0.39 is 17.7 Å². The topological polar surface area (TPSA) is 43.6 Å². The SMILES string of the molecule is CC.CCOC(=O)c1cn2cc(C(F)(F)F)cc(Cl)c2n1. The quantitative estimate of drug-likeness (QED) is 0.778. The summed E-state index contributed by atoms with van der Waals surface area (Å²) in [5.41, 5.74) is -0.946. The van der Waals surface area contributed by atoms with Crippen molar-refractivity contribution in [2.45, 2.75) is 26.9 Å². The smallest absolute Gasteiger partial charge is 0.417 e. The maximum Gasteiger partial charge on any atom is 0.417 e. The molecule has 0 aliphatic heterocycles. The van der Waals surface area contributed by atoms with E-state index >= 15 is 0 Å². The number of ether oxygens (including phenoxy) is 1. The van der Waals surface area contributed by atoms with E-state index in [4.69, 9.17) is 16.3 Å². The summed E-state index contributed by atoms with van der Waals surface area (Å²) in [5.74, 6) is -0.712. The number of carbonyl (C=O) groups is 1. The highest BCUT2D eigenvalue weighted by Crippen LogP contribution is 2.32. The van der Waals surface area contributed by atoms with Gasteiger partial charge in [0.1, 0.15) is 0 Å². The summed E-state index contributed by atoms with van der Waals surface area (Å²) in [5, 5.41) is -0.189. The summed E-state index contributed by atoms with van der Waals surface area (Å²) < 4.78 is 43.6. The van der Waals surface area contributed by atoms with Gasteiger partial charge in [0.05, 0.1) is 17.2 Å². The molecular formula is C13H14ClF3N2O2. The van der Waals surface area contributed by atoms with Crippen LogP contribution in [0.25, 0.3) is 5.65 Å². The number of aromatic nitrogens is 2. The van der Waals surface area contributed by atoms with Crippen molar-refractivity contribution in [3.63, 3.8) is 0 Å². The van der Waals surface area contributed by atoms with E-state index in [1.807, 2.05) is 13.8 Å². The first-order valence-electron chi connectivity index (χ1n) is 6.25. The Kier molecular flexibility index (Phi) is 5.60. The van der Waals surface area contributed by atoms with Crippen molar-refractivity contribution in [3.8, 4) is 0 Å². The van der Waals surface area contributed by atoms with Crippen LogP contribution in [0.1, 0.15) is 36.8 Å². The molecule has 0 bridgehead atoms. The molecule has 0 saturated heterocycles. The summed E-state index contributed by atoms with van der Waals surface area (Å²) in [6, 6.07) is 0.763. The van der Waals surface area contributed by atoms with Crippen molar-refractivity contribution in [2.75, 3.05) is 6.61 Å². The average molecular weight is 323 g/mol. The maximum atomic E-state index is 12.6. The number of fused-ring (bicyclic) bond motifs is 1. The van der Waals surface area contributed by atoms with Crippen molar-refractivity contribution < 1.29 is 22.7 Å². The molecule has 0 spiro atoms. The van der Waals surface area contributed by atoms with E-state index in [2.05, 4.69) is 4.98 Å². The zero-order valence-electron chi connectivity index (χ0n) is 11.7. The molecule has 0 aliphatic carbocycles. The average Bonchev–Trinajstić information content (AvgIpc) is 2.85. The molecule has 2 rings (SSSR count). The first-order valence-corrected chi connectivity index (χ1v) is 6.63. The molecule has 0 radical (unpaired) electrons. The summed E-state index contributed by atoms with van der Waals surface area (Å²) in [6.45, 7) is 5.76. The molecule has 116 valence electrons. The number of hydrogen-bond acceptors (Lipinski definition) is 3. The molecule has 2 heterocycles. The largest absolute Gasteiger partial charge is 0.461 e. The van der Waals surface area contributed by atoms with Crippen molar-refractivity contribution in [1.29, 1.82) is 0 Å². The van der Waals surface area contributed by atoms with Crippen LogP contribution in [0.5, 0.6) is 0 Å². The number of hydrogen-bond donors (Lipinski definition) is 0. The third kappa shape index (κ3) is 3.87. The molecule has 21 heavy (non-hydrogen) atoms. The fraction of sp³-hybridized carbons (Fsp3) is 0.385. The van der Waals surface area contributed by atoms with Gasteiger partial charge < -0.3 is 9.14 Å². The van der Waals surface area contributed by atoms with Crippen LogP contribution >= 0.6 is 11.6 Å². The minimum Gasteiger partial charge on any atom is -0.461 e. The summed E-state index contributed by atoms with van der Waals surface area (Å²) >= 11 is 5.73. The fourth-order valence-corrected chi connectivity index (χ4v) is 1.77. The van der Waals surface area contributed by atoms with Crippen LogP contribution in [0, 0.1) is 0 Å². The van der Waals surface area contributed by atoms with Crippen LogP contribution < -0.4 is 0 Å². The number of carbonyl (C=O) groups excluding carboxylic acids is 1. The fourth-order valence-electron chi connectivity index (χ4n) is 1.52. The second-order valence-corrected chi connectivity index (χ2v) is 4.06. The van der Waals surface area contributed by atoms with Crippen molar-refractivity contribution in [3.05, 3.63) is 34.7 Å². The number of esters is 1. The predicted octanol–water partition coefficient (Wildman–Crippen LogP) is 4.21. The zero-order chi connectivity index (χ0) is 16.2. The van der Waals surface area contributed by atoms with E-state index in [-0.39, 0.29) is 23.0 Å². The van der Waals surface area contributed by atoms with Crippen LogP contribution in [0.15, 0.2) is 18.5 Å². The van der Waals surface area contributed by atoms with E-state index in [9.17, 15) is 18.0 Å². The molecule has 0 saturated carbocycles. The Balaban J connectivity index is 0.00000106. The third-order valence-corrected chi connectivity index (χ3v) is 2.60. The third-order valence-electron chi connectivity index (χ3n) is 2.32. The zero-order valence-corrected chi connectivity index (χ0v) is 12.4. The molecular weight excluding hydrogens is 309 g/mol.